The maximum Gasteiger partial charge on any atom is 0.321 e. The van der Waals surface area contributed by atoms with Gasteiger partial charge in [-0.25, -0.2) is 22.3 Å². The van der Waals surface area contributed by atoms with Gasteiger partial charge in [0, 0.05) is 25.3 Å². The topological polar surface area (TPSA) is 87.7 Å². The molecule has 1 aliphatic rings. The number of rotatable bonds is 7. The number of piperidine rings is 1. The number of nitrogens with one attached hydrogen (secondary N) is 2. The molecule has 31 heavy (non-hydrogen) atoms. The van der Waals surface area contributed by atoms with Crippen LogP contribution in [0.3, 0.4) is 0 Å². The summed E-state index contributed by atoms with van der Waals surface area (Å²) in [6, 6.07) is 10.5. The molecule has 2 aromatic rings. The molecule has 0 aromatic heterocycles. The number of carbonyl (C=O) groups excluding carboxylic acids is 1. The molecule has 0 radical (unpaired) electrons. The van der Waals surface area contributed by atoms with E-state index in [1.807, 2.05) is 19.9 Å². The molecule has 0 unspecified atom stereocenters. The van der Waals surface area contributed by atoms with Crippen molar-refractivity contribution in [3.63, 3.8) is 0 Å². The number of sulfonamides is 1. The molecule has 2 aromatic carbocycles. The molecule has 0 aliphatic carbocycles. The van der Waals surface area contributed by atoms with Crippen LogP contribution < -0.4 is 14.8 Å². The highest BCUT2D eigenvalue weighted by Gasteiger charge is 2.26. The lowest BCUT2D eigenvalue weighted by atomic mass is 9.97. The van der Waals surface area contributed by atoms with Crippen molar-refractivity contribution >= 4 is 21.7 Å². The van der Waals surface area contributed by atoms with E-state index in [2.05, 4.69) is 10.0 Å². The molecule has 0 spiro atoms. The van der Waals surface area contributed by atoms with E-state index < -0.39 is 10.0 Å². The van der Waals surface area contributed by atoms with Gasteiger partial charge in [0.05, 0.1) is 6.61 Å². The van der Waals surface area contributed by atoms with Crippen molar-refractivity contribution in [3.05, 3.63) is 53.8 Å². The van der Waals surface area contributed by atoms with Crippen molar-refractivity contribution in [3.8, 4) is 5.75 Å². The first kappa shape index (κ1) is 23.0. The predicted octanol–water partition coefficient (Wildman–Crippen LogP) is 3.76. The van der Waals surface area contributed by atoms with Crippen molar-refractivity contribution in [1.29, 1.82) is 0 Å². The Hall–Kier alpha value is -2.65. The maximum atomic E-state index is 13.0. The predicted molar refractivity (Wildman–Crippen MR) is 117 cm³/mol. The van der Waals surface area contributed by atoms with Gasteiger partial charge in [0.25, 0.3) is 0 Å². The number of hydrogen-bond acceptors (Lipinski definition) is 4. The number of aryl methyl sites for hydroxylation is 1. The van der Waals surface area contributed by atoms with Crippen molar-refractivity contribution in [1.82, 2.24) is 9.62 Å². The standard InChI is InChI=1S/C22H28FN3O4S/c1-3-30-20-9-4-16(2)14-21(20)31(28,29)24-15-17-10-12-26(13-11-17)22(27)25-19-7-5-18(23)6-8-19/h4-9,14,17,24H,3,10-13,15H2,1-2H3,(H,25,27). The number of benzene rings is 2. The Morgan fingerprint density at radius 3 is 2.48 bits per heavy atom. The number of urea groups is 1. The molecule has 1 heterocycles. The zero-order valence-electron chi connectivity index (χ0n) is 17.7. The zero-order valence-corrected chi connectivity index (χ0v) is 18.5. The fourth-order valence-electron chi connectivity index (χ4n) is 3.48. The summed E-state index contributed by atoms with van der Waals surface area (Å²) >= 11 is 0. The Morgan fingerprint density at radius 1 is 1.16 bits per heavy atom. The summed E-state index contributed by atoms with van der Waals surface area (Å²) < 4.78 is 46.8. The second-order valence-electron chi connectivity index (χ2n) is 7.60. The quantitative estimate of drug-likeness (QED) is 0.674. The first-order chi connectivity index (χ1) is 14.8. The number of ether oxygens (including phenoxy) is 1. The number of likely N-dealkylation sites (tertiary alicyclic amines) is 1. The summed E-state index contributed by atoms with van der Waals surface area (Å²) in [5.41, 5.74) is 1.37. The van der Waals surface area contributed by atoms with E-state index in [0.717, 1.165) is 5.56 Å². The van der Waals surface area contributed by atoms with Gasteiger partial charge in [0.15, 0.2) is 0 Å². The van der Waals surface area contributed by atoms with Gasteiger partial charge < -0.3 is 15.0 Å². The molecule has 1 saturated heterocycles. The molecule has 1 fully saturated rings. The highest BCUT2D eigenvalue weighted by atomic mass is 32.2. The van der Waals surface area contributed by atoms with E-state index in [-0.39, 0.29) is 22.7 Å². The van der Waals surface area contributed by atoms with Gasteiger partial charge in [0.1, 0.15) is 16.5 Å². The molecule has 0 saturated carbocycles. The molecule has 9 heteroatoms. The number of carbonyl (C=O) groups is 1. The van der Waals surface area contributed by atoms with Crippen LogP contribution >= 0.6 is 0 Å². The third kappa shape index (κ3) is 6.18. The Bertz CT molecular complexity index is 1000. The highest BCUT2D eigenvalue weighted by Crippen LogP contribution is 2.26. The lowest BCUT2D eigenvalue weighted by Gasteiger charge is -2.32. The van der Waals surface area contributed by atoms with E-state index in [9.17, 15) is 17.6 Å². The lowest BCUT2D eigenvalue weighted by Crippen LogP contribution is -2.43. The summed E-state index contributed by atoms with van der Waals surface area (Å²) in [7, 11) is -3.71. The van der Waals surface area contributed by atoms with Gasteiger partial charge in [-0.3, -0.25) is 0 Å². The molecular weight excluding hydrogens is 421 g/mol. The molecule has 7 nitrogen and oxygen atoms in total. The van der Waals surface area contributed by atoms with E-state index in [0.29, 0.717) is 50.5 Å². The Kier molecular flexibility index (Phi) is 7.50. The van der Waals surface area contributed by atoms with Crippen LogP contribution in [0.1, 0.15) is 25.3 Å². The summed E-state index contributed by atoms with van der Waals surface area (Å²) in [5, 5.41) is 2.75. The lowest BCUT2D eigenvalue weighted by molar-refractivity contribution is 0.183. The second-order valence-corrected chi connectivity index (χ2v) is 9.34. The van der Waals surface area contributed by atoms with Crippen LogP contribution in [-0.2, 0) is 10.0 Å². The Balaban J connectivity index is 1.52. The zero-order chi connectivity index (χ0) is 22.4. The number of nitrogens with zero attached hydrogens (tertiary/aromatic N) is 1. The van der Waals surface area contributed by atoms with Gasteiger partial charge in [-0.15, -0.1) is 0 Å². The van der Waals surface area contributed by atoms with Crippen LogP contribution in [0.5, 0.6) is 5.75 Å². The molecule has 0 atom stereocenters. The summed E-state index contributed by atoms with van der Waals surface area (Å²) in [6.45, 7) is 5.37. The van der Waals surface area contributed by atoms with Crippen molar-refractivity contribution in [2.45, 2.75) is 31.6 Å². The normalized spacial score (nSPS) is 15.0. The minimum Gasteiger partial charge on any atom is -0.492 e. The smallest absolute Gasteiger partial charge is 0.321 e. The van der Waals surface area contributed by atoms with Gasteiger partial charge in [-0.2, -0.15) is 0 Å². The fourth-order valence-corrected chi connectivity index (χ4v) is 4.82. The molecule has 2 N–H and O–H groups in total. The van der Waals surface area contributed by atoms with Crippen LogP contribution in [0.4, 0.5) is 14.9 Å². The van der Waals surface area contributed by atoms with Crippen molar-refractivity contribution in [2.24, 2.45) is 5.92 Å². The molecule has 2 amide bonds. The average molecular weight is 450 g/mol. The molecule has 1 aliphatic heterocycles. The SMILES string of the molecule is CCOc1ccc(C)cc1S(=O)(=O)NCC1CCN(C(=O)Nc2ccc(F)cc2)CC1. The second kappa shape index (κ2) is 10.1. The maximum absolute atomic E-state index is 13.0. The molecule has 0 bridgehead atoms. The first-order valence-electron chi connectivity index (χ1n) is 10.3. The van der Waals surface area contributed by atoms with Gasteiger partial charge >= 0.3 is 6.03 Å². The largest absolute Gasteiger partial charge is 0.492 e. The fraction of sp³-hybridized carbons (Fsp3) is 0.409. The number of halogens is 1. The number of hydrogen-bond donors (Lipinski definition) is 2. The molecule has 3 rings (SSSR count). The average Bonchev–Trinajstić information content (AvgIpc) is 2.75. The minimum atomic E-state index is -3.71. The van der Waals surface area contributed by atoms with E-state index in [4.69, 9.17) is 4.74 Å². The summed E-state index contributed by atoms with van der Waals surface area (Å²) in [5.74, 6) is 0.109. The van der Waals surface area contributed by atoms with Crippen LogP contribution in [0, 0.1) is 18.7 Å². The van der Waals surface area contributed by atoms with E-state index >= 15 is 0 Å². The Morgan fingerprint density at radius 2 is 1.84 bits per heavy atom. The summed E-state index contributed by atoms with van der Waals surface area (Å²) in [4.78, 5) is 14.2. The van der Waals surface area contributed by atoms with Gasteiger partial charge in [0.2, 0.25) is 10.0 Å². The third-order valence-corrected chi connectivity index (χ3v) is 6.69. The number of anilines is 1. The molecular formula is C22H28FN3O4S. The number of amides is 2. The van der Waals surface area contributed by atoms with Crippen LogP contribution in [-0.4, -0.2) is 45.6 Å². The van der Waals surface area contributed by atoms with Crippen LogP contribution in [0.2, 0.25) is 0 Å². The summed E-state index contributed by atoms with van der Waals surface area (Å²) in [6.07, 6.45) is 1.37. The first-order valence-corrected chi connectivity index (χ1v) is 11.8. The third-order valence-electron chi connectivity index (χ3n) is 5.25. The van der Waals surface area contributed by atoms with Crippen LogP contribution in [0.15, 0.2) is 47.4 Å². The highest BCUT2D eigenvalue weighted by molar-refractivity contribution is 7.89. The Labute approximate surface area is 182 Å². The van der Waals surface area contributed by atoms with Gasteiger partial charge in [-0.1, -0.05) is 6.07 Å². The van der Waals surface area contributed by atoms with Crippen molar-refractivity contribution in [2.75, 3.05) is 31.6 Å². The van der Waals surface area contributed by atoms with E-state index in [1.165, 1.54) is 24.3 Å². The van der Waals surface area contributed by atoms with Gasteiger partial charge in [-0.05, 0) is 74.6 Å². The van der Waals surface area contributed by atoms with Crippen LogP contribution in [0.25, 0.3) is 0 Å². The minimum absolute atomic E-state index is 0.130. The molecule has 168 valence electrons. The van der Waals surface area contributed by atoms with Crippen molar-refractivity contribution < 1.29 is 22.3 Å². The monoisotopic (exact) mass is 449 g/mol. The van der Waals surface area contributed by atoms with E-state index in [1.54, 1.807) is 17.0 Å².